The number of hydrogen-bond acceptors (Lipinski definition) is 5. The van der Waals surface area contributed by atoms with Crippen LogP contribution in [-0.2, 0) is 14.3 Å². The largest absolute Gasteiger partial charge is 0.495 e. The molecule has 1 amide bonds. The van der Waals surface area contributed by atoms with Gasteiger partial charge in [-0.2, -0.15) is 0 Å². The number of halogens is 1. The van der Waals surface area contributed by atoms with E-state index in [9.17, 15) is 9.59 Å². The molecule has 1 saturated heterocycles. The fraction of sp³-hybridized carbons (Fsp3) is 0.474. The molecule has 1 N–H and O–H groups in total. The minimum Gasteiger partial charge on any atom is -0.495 e. The minimum absolute atomic E-state index is 0.320. The molecule has 140 valence electrons. The monoisotopic (exact) mass is 378 g/mol. The number of benzene rings is 1. The van der Waals surface area contributed by atoms with Gasteiger partial charge in [0.05, 0.1) is 17.7 Å². The highest BCUT2D eigenvalue weighted by molar-refractivity contribution is 6.32. The average molecular weight is 379 g/mol. The Morgan fingerprint density at radius 1 is 1.38 bits per heavy atom. The molecule has 6 nitrogen and oxygen atoms in total. The van der Waals surface area contributed by atoms with E-state index >= 15 is 0 Å². The molecular formula is C19H23ClN2O4. The van der Waals surface area contributed by atoms with Gasteiger partial charge in [0.1, 0.15) is 11.4 Å². The van der Waals surface area contributed by atoms with Gasteiger partial charge in [0.15, 0.2) is 0 Å². The summed E-state index contributed by atoms with van der Waals surface area (Å²) in [7, 11) is 1.53. The van der Waals surface area contributed by atoms with Crippen molar-refractivity contribution in [3.63, 3.8) is 0 Å². The Labute approximate surface area is 158 Å². The second-order valence-corrected chi connectivity index (χ2v) is 7.03. The van der Waals surface area contributed by atoms with E-state index in [1.165, 1.54) is 7.11 Å². The summed E-state index contributed by atoms with van der Waals surface area (Å²) in [6, 6.07) is 5.02. The van der Waals surface area contributed by atoms with Crippen LogP contribution in [0.3, 0.4) is 0 Å². The van der Waals surface area contributed by atoms with Gasteiger partial charge in [-0.1, -0.05) is 18.5 Å². The molecule has 1 spiro atoms. The van der Waals surface area contributed by atoms with Crippen LogP contribution in [0.25, 0.3) is 0 Å². The Kier molecular flexibility index (Phi) is 5.25. The molecule has 7 heteroatoms. The second kappa shape index (κ2) is 7.29. The summed E-state index contributed by atoms with van der Waals surface area (Å²) in [5, 5.41) is 3.24. The van der Waals surface area contributed by atoms with Crippen molar-refractivity contribution in [1.82, 2.24) is 4.90 Å². The summed E-state index contributed by atoms with van der Waals surface area (Å²) < 4.78 is 10.8. The molecule has 3 rings (SSSR count). The number of likely N-dealkylation sites (tertiary alicyclic amines) is 1. The SMILES string of the molecule is CCN1CCC2(CC1)OC(=O)C(C)=C2C(=O)Nc1ccc(OC)c(Cl)c1. The lowest BCUT2D eigenvalue weighted by Crippen LogP contribution is -2.47. The van der Waals surface area contributed by atoms with E-state index < -0.39 is 11.6 Å². The number of esters is 1. The summed E-state index contributed by atoms with van der Waals surface area (Å²) in [5.74, 6) is -0.199. The quantitative estimate of drug-likeness (QED) is 0.816. The molecule has 2 aliphatic rings. The Morgan fingerprint density at radius 3 is 2.65 bits per heavy atom. The number of rotatable bonds is 4. The van der Waals surface area contributed by atoms with Gasteiger partial charge in [0.25, 0.3) is 5.91 Å². The zero-order valence-electron chi connectivity index (χ0n) is 15.2. The number of nitrogens with zero attached hydrogens (tertiary/aromatic N) is 1. The first-order valence-electron chi connectivity index (χ1n) is 8.72. The molecule has 0 aromatic heterocycles. The van der Waals surface area contributed by atoms with E-state index in [4.69, 9.17) is 21.1 Å². The van der Waals surface area contributed by atoms with Crippen molar-refractivity contribution in [2.24, 2.45) is 0 Å². The van der Waals surface area contributed by atoms with Crippen LogP contribution in [0.4, 0.5) is 5.69 Å². The molecular weight excluding hydrogens is 356 g/mol. The fourth-order valence-corrected chi connectivity index (χ4v) is 3.90. The van der Waals surface area contributed by atoms with Crippen LogP contribution in [0.15, 0.2) is 29.3 Å². The summed E-state index contributed by atoms with van der Waals surface area (Å²) in [6.45, 7) is 6.28. The van der Waals surface area contributed by atoms with E-state index in [1.807, 2.05) is 0 Å². The first-order chi connectivity index (χ1) is 12.4. The van der Waals surface area contributed by atoms with Crippen LogP contribution in [0.1, 0.15) is 26.7 Å². The Balaban J connectivity index is 1.84. The third-order valence-corrected chi connectivity index (χ3v) is 5.47. The fourth-order valence-electron chi connectivity index (χ4n) is 3.65. The maximum absolute atomic E-state index is 13.0. The molecule has 1 aromatic carbocycles. The highest BCUT2D eigenvalue weighted by atomic mass is 35.5. The number of ether oxygens (including phenoxy) is 2. The van der Waals surface area contributed by atoms with Crippen LogP contribution in [-0.4, -0.2) is 49.1 Å². The van der Waals surface area contributed by atoms with Gasteiger partial charge in [-0.25, -0.2) is 4.79 Å². The lowest BCUT2D eigenvalue weighted by molar-refractivity contribution is -0.150. The van der Waals surface area contributed by atoms with Crippen molar-refractivity contribution in [2.45, 2.75) is 32.3 Å². The van der Waals surface area contributed by atoms with Gasteiger partial charge in [0.2, 0.25) is 0 Å². The van der Waals surface area contributed by atoms with Crippen molar-refractivity contribution < 1.29 is 19.1 Å². The summed E-state index contributed by atoms with van der Waals surface area (Å²) in [4.78, 5) is 27.4. The number of carbonyl (C=O) groups is 2. The Hall–Kier alpha value is -2.05. The number of piperidine rings is 1. The summed E-state index contributed by atoms with van der Waals surface area (Å²) in [6.07, 6.45) is 1.24. The van der Waals surface area contributed by atoms with Gasteiger partial charge in [-0.3, -0.25) is 4.79 Å². The smallest absolute Gasteiger partial charge is 0.335 e. The van der Waals surface area contributed by atoms with Crippen molar-refractivity contribution in [3.05, 3.63) is 34.4 Å². The van der Waals surface area contributed by atoms with Crippen LogP contribution >= 0.6 is 11.6 Å². The molecule has 2 aliphatic heterocycles. The Bertz CT molecular complexity index is 767. The maximum Gasteiger partial charge on any atom is 0.335 e. The standard InChI is InChI=1S/C19H23ClN2O4/c1-4-22-9-7-19(8-10-22)16(12(2)18(24)26-19)17(23)21-13-5-6-15(25-3)14(20)11-13/h5-6,11H,4,7-10H2,1-3H3,(H,21,23). The predicted octanol–water partition coefficient (Wildman–Crippen LogP) is 3.01. The van der Waals surface area contributed by atoms with Gasteiger partial charge in [-0.05, 0) is 31.7 Å². The van der Waals surface area contributed by atoms with Crippen LogP contribution in [0.2, 0.25) is 5.02 Å². The van der Waals surface area contributed by atoms with Crippen LogP contribution in [0.5, 0.6) is 5.75 Å². The second-order valence-electron chi connectivity index (χ2n) is 6.62. The number of amides is 1. The minimum atomic E-state index is -0.826. The van der Waals surface area contributed by atoms with Gasteiger partial charge < -0.3 is 19.7 Å². The van der Waals surface area contributed by atoms with Crippen LogP contribution < -0.4 is 10.1 Å². The maximum atomic E-state index is 13.0. The van der Waals surface area contributed by atoms with E-state index in [-0.39, 0.29) is 5.91 Å². The van der Waals surface area contributed by atoms with E-state index in [0.717, 1.165) is 19.6 Å². The molecule has 0 atom stereocenters. The summed E-state index contributed by atoms with van der Waals surface area (Å²) >= 11 is 6.13. The number of carbonyl (C=O) groups excluding carboxylic acids is 2. The molecule has 26 heavy (non-hydrogen) atoms. The highest BCUT2D eigenvalue weighted by Gasteiger charge is 2.50. The van der Waals surface area contributed by atoms with Crippen LogP contribution in [0, 0.1) is 0 Å². The molecule has 2 heterocycles. The number of nitrogens with one attached hydrogen (secondary N) is 1. The third-order valence-electron chi connectivity index (χ3n) is 5.17. The first-order valence-corrected chi connectivity index (χ1v) is 9.10. The van der Waals surface area contributed by atoms with Gasteiger partial charge in [-0.15, -0.1) is 0 Å². The van der Waals surface area contributed by atoms with Crippen molar-refractivity contribution in [2.75, 3.05) is 32.1 Å². The lowest BCUT2D eigenvalue weighted by atomic mass is 9.82. The molecule has 0 radical (unpaired) electrons. The normalized spacial score (nSPS) is 19.6. The van der Waals surface area contributed by atoms with Crippen molar-refractivity contribution in [3.8, 4) is 5.75 Å². The molecule has 0 aliphatic carbocycles. The molecule has 0 unspecified atom stereocenters. The molecule has 0 saturated carbocycles. The highest BCUT2D eigenvalue weighted by Crippen LogP contribution is 2.41. The molecule has 0 bridgehead atoms. The van der Waals surface area contributed by atoms with Crippen molar-refractivity contribution in [1.29, 1.82) is 0 Å². The third kappa shape index (κ3) is 3.31. The Morgan fingerprint density at radius 2 is 2.08 bits per heavy atom. The average Bonchev–Trinajstić information content (AvgIpc) is 2.86. The topological polar surface area (TPSA) is 67.9 Å². The number of methoxy groups -OCH3 is 1. The molecule has 1 aromatic rings. The van der Waals surface area contributed by atoms with Gasteiger partial charge in [0, 0.05) is 37.2 Å². The van der Waals surface area contributed by atoms with E-state index in [2.05, 4.69) is 17.1 Å². The van der Waals surface area contributed by atoms with E-state index in [0.29, 0.717) is 40.4 Å². The lowest BCUT2D eigenvalue weighted by Gasteiger charge is -2.39. The number of anilines is 1. The predicted molar refractivity (Wildman–Crippen MR) is 99.5 cm³/mol. The van der Waals surface area contributed by atoms with Gasteiger partial charge >= 0.3 is 5.97 Å². The zero-order chi connectivity index (χ0) is 18.9. The van der Waals surface area contributed by atoms with Crippen molar-refractivity contribution >= 4 is 29.2 Å². The zero-order valence-corrected chi connectivity index (χ0v) is 16.0. The number of hydrogen-bond donors (Lipinski definition) is 1. The van der Waals surface area contributed by atoms with E-state index in [1.54, 1.807) is 25.1 Å². The first kappa shape index (κ1) is 18.7. The summed E-state index contributed by atoms with van der Waals surface area (Å²) in [5.41, 5.74) is 0.534. The molecule has 1 fully saturated rings.